The minimum absolute atomic E-state index is 0.242. The summed E-state index contributed by atoms with van der Waals surface area (Å²) in [7, 11) is 1.38. The molecule has 2 N–H and O–H groups in total. The number of carbonyl (C=O) groups excluding carboxylic acids is 1. The first kappa shape index (κ1) is 16.0. The van der Waals surface area contributed by atoms with Gasteiger partial charge < -0.3 is 15.4 Å². The summed E-state index contributed by atoms with van der Waals surface area (Å²) in [6, 6.07) is 10.3. The van der Waals surface area contributed by atoms with Crippen LogP contribution in [0, 0.1) is 0 Å². The van der Waals surface area contributed by atoms with Crippen LogP contribution < -0.4 is 10.6 Å². The number of nitrogens with zero attached hydrogens (tertiary/aromatic N) is 1. The van der Waals surface area contributed by atoms with Crippen LogP contribution in [0.15, 0.2) is 35.3 Å². The van der Waals surface area contributed by atoms with E-state index in [9.17, 15) is 4.79 Å². The van der Waals surface area contributed by atoms with Crippen LogP contribution in [0.2, 0.25) is 0 Å². The molecule has 110 valence electrons. The van der Waals surface area contributed by atoms with E-state index in [2.05, 4.69) is 32.5 Å². The minimum atomic E-state index is -0.242. The fourth-order valence-corrected chi connectivity index (χ4v) is 1.67. The van der Waals surface area contributed by atoms with Crippen LogP contribution in [0.5, 0.6) is 0 Å². The van der Waals surface area contributed by atoms with E-state index in [4.69, 9.17) is 0 Å². The number of aliphatic imine (C=N–C) groups is 1. The van der Waals surface area contributed by atoms with Gasteiger partial charge in [-0.05, 0) is 18.9 Å². The first-order chi connectivity index (χ1) is 9.76. The third kappa shape index (κ3) is 6.78. The summed E-state index contributed by atoms with van der Waals surface area (Å²) < 4.78 is 4.58. The van der Waals surface area contributed by atoms with Crippen molar-refractivity contribution >= 4 is 11.9 Å². The number of hydrogen-bond acceptors (Lipinski definition) is 3. The molecule has 0 aliphatic rings. The summed E-state index contributed by atoms with van der Waals surface area (Å²) >= 11 is 0. The quantitative estimate of drug-likeness (QED) is 0.448. The predicted octanol–water partition coefficient (Wildman–Crippen LogP) is 1.35. The molecule has 5 heteroatoms. The Bertz CT molecular complexity index is 418. The van der Waals surface area contributed by atoms with Gasteiger partial charge in [0.2, 0.25) is 0 Å². The number of carbonyl (C=O) groups is 1. The highest BCUT2D eigenvalue weighted by Gasteiger charge is 2.00. The smallest absolute Gasteiger partial charge is 0.307 e. The molecule has 0 unspecified atom stereocenters. The van der Waals surface area contributed by atoms with E-state index in [1.165, 1.54) is 12.7 Å². The van der Waals surface area contributed by atoms with Gasteiger partial charge >= 0.3 is 5.97 Å². The average molecular weight is 277 g/mol. The van der Waals surface area contributed by atoms with Crippen LogP contribution in [0.1, 0.15) is 18.9 Å². The van der Waals surface area contributed by atoms with Crippen LogP contribution in [0.3, 0.4) is 0 Å². The maximum absolute atomic E-state index is 11.0. The molecule has 0 aliphatic heterocycles. The second kappa shape index (κ2) is 9.83. The second-order valence-corrected chi connectivity index (χ2v) is 4.25. The van der Waals surface area contributed by atoms with Gasteiger partial charge in [0.25, 0.3) is 0 Å². The summed E-state index contributed by atoms with van der Waals surface area (Å²) in [5.74, 6) is 0.487. The van der Waals surface area contributed by atoms with E-state index < -0.39 is 0 Å². The Morgan fingerprint density at radius 3 is 2.65 bits per heavy atom. The Balaban J connectivity index is 2.34. The summed E-state index contributed by atoms with van der Waals surface area (Å²) in [5, 5.41) is 6.40. The zero-order valence-corrected chi connectivity index (χ0v) is 12.2. The molecule has 0 fully saturated rings. The Hall–Kier alpha value is -2.04. The predicted molar refractivity (Wildman–Crippen MR) is 80.8 cm³/mol. The van der Waals surface area contributed by atoms with Crippen LogP contribution in [0.25, 0.3) is 0 Å². The van der Waals surface area contributed by atoms with E-state index in [0.717, 1.165) is 25.5 Å². The van der Waals surface area contributed by atoms with Crippen molar-refractivity contribution in [1.82, 2.24) is 10.6 Å². The molecule has 1 rings (SSSR count). The average Bonchev–Trinajstić information content (AvgIpc) is 2.48. The van der Waals surface area contributed by atoms with Gasteiger partial charge in [0.05, 0.1) is 20.1 Å². The highest BCUT2D eigenvalue weighted by atomic mass is 16.5. The fourth-order valence-electron chi connectivity index (χ4n) is 1.67. The van der Waals surface area contributed by atoms with Crippen molar-refractivity contribution < 1.29 is 9.53 Å². The van der Waals surface area contributed by atoms with E-state index in [-0.39, 0.29) is 5.97 Å². The van der Waals surface area contributed by atoms with Gasteiger partial charge in [-0.15, -0.1) is 0 Å². The molecule has 0 aromatic heterocycles. The summed E-state index contributed by atoms with van der Waals surface area (Å²) in [6.45, 7) is 4.02. The molecular weight excluding hydrogens is 254 g/mol. The lowest BCUT2D eigenvalue weighted by atomic mass is 10.1. The summed E-state index contributed by atoms with van der Waals surface area (Å²) in [4.78, 5) is 15.3. The number of guanidine groups is 1. The molecule has 0 aliphatic carbocycles. The third-order valence-corrected chi connectivity index (χ3v) is 2.71. The molecule has 0 saturated carbocycles. The standard InChI is InChI=1S/C15H23N3O2/c1-3-16-15(18-12-10-14(19)20-2)17-11-9-13-7-5-4-6-8-13/h4-8H,3,9-12H2,1-2H3,(H2,16,17,18). The normalized spacial score (nSPS) is 11.0. The van der Waals surface area contributed by atoms with Crippen molar-refractivity contribution in [2.75, 3.05) is 26.7 Å². The number of esters is 1. The van der Waals surface area contributed by atoms with Gasteiger partial charge in [-0.25, -0.2) is 0 Å². The molecule has 1 aromatic carbocycles. The van der Waals surface area contributed by atoms with Crippen molar-refractivity contribution in [1.29, 1.82) is 0 Å². The minimum Gasteiger partial charge on any atom is -0.469 e. The SMILES string of the molecule is CCNC(=NCCC(=O)OC)NCCc1ccccc1. The summed E-state index contributed by atoms with van der Waals surface area (Å²) in [5.41, 5.74) is 1.28. The number of rotatable bonds is 7. The first-order valence-corrected chi connectivity index (χ1v) is 6.89. The molecule has 20 heavy (non-hydrogen) atoms. The van der Waals surface area contributed by atoms with Gasteiger partial charge in [-0.1, -0.05) is 30.3 Å². The zero-order valence-electron chi connectivity index (χ0n) is 12.2. The molecule has 0 amide bonds. The molecular formula is C15H23N3O2. The molecule has 5 nitrogen and oxygen atoms in total. The van der Waals surface area contributed by atoms with Crippen molar-refractivity contribution in [3.8, 4) is 0 Å². The molecule has 0 saturated heterocycles. The fraction of sp³-hybridized carbons (Fsp3) is 0.467. The molecule has 0 radical (unpaired) electrons. The van der Waals surface area contributed by atoms with E-state index >= 15 is 0 Å². The van der Waals surface area contributed by atoms with Gasteiger partial charge in [0.15, 0.2) is 5.96 Å². The topological polar surface area (TPSA) is 62.7 Å². The van der Waals surface area contributed by atoms with Crippen LogP contribution in [0.4, 0.5) is 0 Å². The van der Waals surface area contributed by atoms with Gasteiger partial charge in [0, 0.05) is 13.1 Å². The largest absolute Gasteiger partial charge is 0.469 e. The van der Waals surface area contributed by atoms with Crippen molar-refractivity contribution in [3.05, 3.63) is 35.9 Å². The maximum atomic E-state index is 11.0. The maximum Gasteiger partial charge on any atom is 0.307 e. The lowest BCUT2D eigenvalue weighted by Gasteiger charge is -2.11. The molecule has 0 bridgehead atoms. The van der Waals surface area contributed by atoms with Crippen molar-refractivity contribution in [3.63, 3.8) is 0 Å². The Morgan fingerprint density at radius 2 is 2.00 bits per heavy atom. The lowest BCUT2D eigenvalue weighted by Crippen LogP contribution is -2.38. The first-order valence-electron chi connectivity index (χ1n) is 6.89. The third-order valence-electron chi connectivity index (χ3n) is 2.71. The van der Waals surface area contributed by atoms with E-state index in [1.807, 2.05) is 25.1 Å². The van der Waals surface area contributed by atoms with Crippen LogP contribution >= 0.6 is 0 Å². The van der Waals surface area contributed by atoms with Crippen molar-refractivity contribution in [2.24, 2.45) is 4.99 Å². The van der Waals surface area contributed by atoms with Crippen LogP contribution in [-0.4, -0.2) is 38.7 Å². The molecule has 0 spiro atoms. The number of hydrogen-bond donors (Lipinski definition) is 2. The highest BCUT2D eigenvalue weighted by molar-refractivity contribution is 5.80. The molecule has 0 atom stereocenters. The number of methoxy groups -OCH3 is 1. The van der Waals surface area contributed by atoms with Gasteiger partial charge in [-0.2, -0.15) is 0 Å². The summed E-state index contributed by atoms with van der Waals surface area (Å²) in [6.07, 6.45) is 1.23. The van der Waals surface area contributed by atoms with Crippen molar-refractivity contribution in [2.45, 2.75) is 19.8 Å². The number of ether oxygens (including phenoxy) is 1. The lowest BCUT2D eigenvalue weighted by molar-refractivity contribution is -0.140. The molecule has 0 heterocycles. The zero-order chi connectivity index (χ0) is 14.6. The highest BCUT2D eigenvalue weighted by Crippen LogP contribution is 1.98. The monoisotopic (exact) mass is 277 g/mol. The van der Waals surface area contributed by atoms with Gasteiger partial charge in [-0.3, -0.25) is 9.79 Å². The molecule has 1 aromatic rings. The Labute approximate surface area is 120 Å². The van der Waals surface area contributed by atoms with E-state index in [0.29, 0.717) is 13.0 Å². The van der Waals surface area contributed by atoms with Gasteiger partial charge in [0.1, 0.15) is 0 Å². The number of nitrogens with one attached hydrogen (secondary N) is 2. The van der Waals surface area contributed by atoms with Crippen LogP contribution in [-0.2, 0) is 16.0 Å². The Morgan fingerprint density at radius 1 is 1.25 bits per heavy atom. The number of benzene rings is 1. The van der Waals surface area contributed by atoms with E-state index in [1.54, 1.807) is 0 Å². The second-order valence-electron chi connectivity index (χ2n) is 4.25. The Kier molecular flexibility index (Phi) is 7.87.